The average molecular weight is 437 g/mol. The fraction of sp³-hybridized carbons (Fsp3) is 0.280. The van der Waals surface area contributed by atoms with E-state index in [9.17, 15) is 0 Å². The first-order valence-corrected chi connectivity index (χ1v) is 11.2. The molecule has 33 heavy (non-hydrogen) atoms. The molecule has 0 aliphatic carbocycles. The van der Waals surface area contributed by atoms with Crippen molar-refractivity contribution in [2.45, 2.75) is 13.0 Å². The molecule has 8 nitrogen and oxygen atoms in total. The molecule has 5 heterocycles. The summed E-state index contributed by atoms with van der Waals surface area (Å²) in [5, 5.41) is 21.0. The Morgan fingerprint density at radius 1 is 1.15 bits per heavy atom. The van der Waals surface area contributed by atoms with E-state index in [0.717, 1.165) is 59.5 Å². The Kier molecular flexibility index (Phi) is 4.70. The maximum Gasteiger partial charge on any atom is 0.185 e. The number of pyridine rings is 1. The van der Waals surface area contributed by atoms with E-state index in [1.54, 1.807) is 6.33 Å². The molecule has 1 aromatic carbocycles. The predicted molar refractivity (Wildman–Crippen MR) is 126 cm³/mol. The molecule has 1 fully saturated rings. The number of benzene rings is 1. The highest BCUT2D eigenvalue weighted by Crippen LogP contribution is 2.34. The Morgan fingerprint density at radius 2 is 2.03 bits per heavy atom. The smallest absolute Gasteiger partial charge is 0.185 e. The molecule has 1 unspecified atom stereocenters. The van der Waals surface area contributed by atoms with Gasteiger partial charge in [0.2, 0.25) is 0 Å². The number of aromatic nitrogens is 5. The first-order valence-electron chi connectivity index (χ1n) is 11.2. The lowest BCUT2D eigenvalue weighted by molar-refractivity contribution is 0.549. The monoisotopic (exact) mass is 436 g/mol. The molecule has 0 radical (unpaired) electrons. The molecular formula is C25H24N8. The first kappa shape index (κ1) is 19.7. The molecule has 8 heteroatoms. The van der Waals surface area contributed by atoms with Gasteiger partial charge in [-0.1, -0.05) is 12.1 Å². The minimum atomic E-state index is 0.656. The van der Waals surface area contributed by atoms with Crippen LogP contribution in [0.1, 0.15) is 17.7 Å². The van der Waals surface area contributed by atoms with Gasteiger partial charge in [-0.25, -0.2) is 4.98 Å². The highest BCUT2D eigenvalue weighted by molar-refractivity contribution is 5.71. The molecule has 4 aromatic rings. The summed E-state index contributed by atoms with van der Waals surface area (Å²) in [5.41, 5.74) is 5.83. The summed E-state index contributed by atoms with van der Waals surface area (Å²) in [4.78, 5) is 7.49. The normalized spacial score (nSPS) is 16.6. The molecule has 0 spiro atoms. The van der Waals surface area contributed by atoms with Crippen molar-refractivity contribution in [2.75, 3.05) is 31.6 Å². The number of nitrogens with zero attached hydrogens (tertiary/aromatic N) is 7. The van der Waals surface area contributed by atoms with Crippen LogP contribution in [0.5, 0.6) is 0 Å². The first-order chi connectivity index (χ1) is 16.2. The average Bonchev–Trinajstić information content (AvgIpc) is 3.58. The van der Waals surface area contributed by atoms with Gasteiger partial charge in [-0.15, -0.1) is 10.2 Å². The molecular weight excluding hydrogens is 412 g/mol. The number of nitriles is 1. The van der Waals surface area contributed by atoms with E-state index >= 15 is 0 Å². The van der Waals surface area contributed by atoms with Gasteiger partial charge in [0, 0.05) is 24.8 Å². The van der Waals surface area contributed by atoms with Gasteiger partial charge in [-0.2, -0.15) is 5.26 Å². The van der Waals surface area contributed by atoms with Gasteiger partial charge >= 0.3 is 0 Å². The van der Waals surface area contributed by atoms with Crippen LogP contribution in [0, 0.1) is 17.2 Å². The summed E-state index contributed by atoms with van der Waals surface area (Å²) in [6, 6.07) is 16.2. The molecule has 164 valence electrons. The van der Waals surface area contributed by atoms with Crippen LogP contribution in [0.2, 0.25) is 0 Å². The highest BCUT2D eigenvalue weighted by Gasteiger charge is 2.26. The van der Waals surface area contributed by atoms with E-state index in [1.807, 2.05) is 35.9 Å². The van der Waals surface area contributed by atoms with E-state index in [-0.39, 0.29) is 0 Å². The van der Waals surface area contributed by atoms with E-state index in [4.69, 9.17) is 10.2 Å². The third kappa shape index (κ3) is 3.38. The van der Waals surface area contributed by atoms with Gasteiger partial charge in [-0.05, 0) is 61.8 Å². The molecule has 1 saturated heterocycles. The Morgan fingerprint density at radius 3 is 2.85 bits per heavy atom. The summed E-state index contributed by atoms with van der Waals surface area (Å²) >= 11 is 0. The second kappa shape index (κ2) is 7.87. The van der Waals surface area contributed by atoms with Crippen LogP contribution in [0.3, 0.4) is 0 Å². The second-order valence-corrected chi connectivity index (χ2v) is 8.75. The van der Waals surface area contributed by atoms with Crippen molar-refractivity contribution in [3.63, 3.8) is 0 Å². The summed E-state index contributed by atoms with van der Waals surface area (Å²) in [6.07, 6.45) is 5.08. The van der Waals surface area contributed by atoms with Gasteiger partial charge in [0.05, 0.1) is 35.3 Å². The minimum Gasteiger partial charge on any atom is -0.356 e. The highest BCUT2D eigenvalue weighted by atomic mass is 15.3. The molecule has 0 bridgehead atoms. The Hall–Kier alpha value is -3.96. The van der Waals surface area contributed by atoms with Crippen molar-refractivity contribution in [3.05, 3.63) is 66.2 Å². The zero-order valence-electron chi connectivity index (χ0n) is 18.4. The molecule has 3 aromatic heterocycles. The van der Waals surface area contributed by atoms with Crippen LogP contribution < -0.4 is 10.2 Å². The molecule has 2 aliphatic rings. The SMILES string of the molecule is CNCC1CCN(c2ccc3c(n2)Cn2cc(-c4ccc(C#N)cc4)cc2-c2nncn2-3)C1. The summed E-state index contributed by atoms with van der Waals surface area (Å²) < 4.78 is 4.23. The van der Waals surface area contributed by atoms with Crippen LogP contribution in [0.25, 0.3) is 28.3 Å². The van der Waals surface area contributed by atoms with Crippen molar-refractivity contribution in [2.24, 2.45) is 5.92 Å². The quantitative estimate of drug-likeness (QED) is 0.466. The third-order valence-corrected chi connectivity index (χ3v) is 6.64. The van der Waals surface area contributed by atoms with Crippen molar-refractivity contribution >= 4 is 5.82 Å². The van der Waals surface area contributed by atoms with Gasteiger partial charge in [-0.3, -0.25) is 4.57 Å². The van der Waals surface area contributed by atoms with Gasteiger partial charge in [0.15, 0.2) is 5.82 Å². The van der Waals surface area contributed by atoms with Gasteiger partial charge < -0.3 is 14.8 Å². The number of hydrogen-bond acceptors (Lipinski definition) is 6. The van der Waals surface area contributed by atoms with E-state index in [0.29, 0.717) is 18.0 Å². The van der Waals surface area contributed by atoms with Crippen LogP contribution >= 0.6 is 0 Å². The molecule has 6 rings (SSSR count). The Balaban J connectivity index is 1.39. The zero-order chi connectivity index (χ0) is 22.4. The summed E-state index contributed by atoms with van der Waals surface area (Å²) in [6.45, 7) is 3.76. The van der Waals surface area contributed by atoms with Crippen LogP contribution in [0.15, 0.2) is 55.0 Å². The van der Waals surface area contributed by atoms with E-state index in [2.05, 4.69) is 55.4 Å². The zero-order valence-corrected chi connectivity index (χ0v) is 18.4. The van der Waals surface area contributed by atoms with Crippen molar-refractivity contribution in [1.29, 1.82) is 5.26 Å². The number of hydrogen-bond donors (Lipinski definition) is 1. The Bertz CT molecular complexity index is 1360. The van der Waals surface area contributed by atoms with Crippen molar-refractivity contribution in [1.82, 2.24) is 29.6 Å². The molecule has 1 N–H and O–H groups in total. The minimum absolute atomic E-state index is 0.656. The number of anilines is 1. The van der Waals surface area contributed by atoms with Crippen molar-refractivity contribution < 1.29 is 0 Å². The van der Waals surface area contributed by atoms with Crippen LogP contribution in [-0.4, -0.2) is 51.0 Å². The maximum atomic E-state index is 9.10. The standard InChI is InChI=1S/C25H24N8/c1-27-12-18-8-9-31(13-18)24-7-6-22-21(29-24)15-32-14-20(19-4-2-17(11-26)3-5-19)10-23(32)25-30-28-16-33(22)25/h2-7,10,14,16,18,27H,8-9,12-13,15H2,1H3. The lowest BCUT2D eigenvalue weighted by Crippen LogP contribution is -2.25. The largest absolute Gasteiger partial charge is 0.356 e. The predicted octanol–water partition coefficient (Wildman–Crippen LogP) is 3.08. The van der Waals surface area contributed by atoms with E-state index < -0.39 is 0 Å². The molecule has 0 amide bonds. The fourth-order valence-corrected chi connectivity index (χ4v) is 4.96. The van der Waals surface area contributed by atoms with Gasteiger partial charge in [0.25, 0.3) is 0 Å². The van der Waals surface area contributed by atoms with E-state index in [1.165, 1.54) is 6.42 Å². The fourth-order valence-electron chi connectivity index (χ4n) is 4.96. The van der Waals surface area contributed by atoms with Crippen LogP contribution in [0.4, 0.5) is 5.82 Å². The maximum absolute atomic E-state index is 9.10. The number of nitrogens with one attached hydrogen (secondary N) is 1. The Labute approximate surface area is 192 Å². The second-order valence-electron chi connectivity index (χ2n) is 8.75. The number of fused-ring (bicyclic) bond motifs is 5. The topological polar surface area (TPSA) is 87.6 Å². The van der Waals surface area contributed by atoms with Crippen LogP contribution in [-0.2, 0) is 6.54 Å². The molecule has 0 saturated carbocycles. The summed E-state index contributed by atoms with van der Waals surface area (Å²) in [5.74, 6) is 2.49. The third-order valence-electron chi connectivity index (χ3n) is 6.64. The number of rotatable bonds is 4. The summed E-state index contributed by atoms with van der Waals surface area (Å²) in [7, 11) is 2.01. The lowest BCUT2D eigenvalue weighted by Gasteiger charge is -2.19. The molecule has 2 aliphatic heterocycles. The molecule has 1 atom stereocenters. The van der Waals surface area contributed by atoms with Gasteiger partial charge in [0.1, 0.15) is 12.1 Å². The lowest BCUT2D eigenvalue weighted by atomic mass is 10.1. The van der Waals surface area contributed by atoms with Crippen molar-refractivity contribution in [3.8, 4) is 34.4 Å².